The monoisotopic (exact) mass is 425 g/mol. The van der Waals surface area contributed by atoms with Crippen molar-refractivity contribution in [1.82, 2.24) is 9.88 Å². The first-order valence-electron chi connectivity index (χ1n) is 10.0. The van der Waals surface area contributed by atoms with Gasteiger partial charge in [0.15, 0.2) is 0 Å². The van der Waals surface area contributed by atoms with E-state index in [2.05, 4.69) is 4.98 Å². The van der Waals surface area contributed by atoms with Gasteiger partial charge in [0.05, 0.1) is 12.0 Å². The molecule has 0 bridgehead atoms. The molecule has 4 rings (SSSR count). The van der Waals surface area contributed by atoms with Crippen LogP contribution in [0.4, 0.5) is 4.39 Å². The number of hydrogen-bond acceptors (Lipinski definition) is 5. The highest BCUT2D eigenvalue weighted by Gasteiger charge is 2.31. The number of nitrogens with zero attached hydrogens (tertiary/aromatic N) is 2. The zero-order chi connectivity index (χ0) is 21.1. The molecule has 3 aromatic rings. The number of amides is 1. The lowest BCUT2D eigenvalue weighted by atomic mass is 10.0. The Morgan fingerprint density at radius 2 is 2.00 bits per heavy atom. The summed E-state index contributed by atoms with van der Waals surface area (Å²) < 4.78 is 19.9. The Hall–Kier alpha value is -2.77. The molecule has 1 aliphatic rings. The number of rotatable bonds is 5. The molecular weight excluding hydrogens is 401 g/mol. The Balaban J connectivity index is 1.80. The summed E-state index contributed by atoms with van der Waals surface area (Å²) in [4.78, 5) is 20.5. The van der Waals surface area contributed by atoms with Crippen molar-refractivity contribution in [2.24, 2.45) is 5.73 Å². The molecule has 0 radical (unpaired) electrons. The van der Waals surface area contributed by atoms with E-state index in [1.165, 1.54) is 17.4 Å². The Morgan fingerprint density at radius 3 is 2.70 bits per heavy atom. The molecule has 5 nitrogen and oxygen atoms in total. The third-order valence-corrected chi connectivity index (χ3v) is 6.58. The van der Waals surface area contributed by atoms with Gasteiger partial charge in [0, 0.05) is 30.3 Å². The lowest BCUT2D eigenvalue weighted by Gasteiger charge is -2.34. The molecule has 1 fully saturated rings. The second kappa shape index (κ2) is 8.93. The summed E-state index contributed by atoms with van der Waals surface area (Å²) in [5.41, 5.74) is 7.45. The topological polar surface area (TPSA) is 68.5 Å². The average molecular weight is 426 g/mol. The molecule has 2 heterocycles. The summed E-state index contributed by atoms with van der Waals surface area (Å²) in [6, 6.07) is 14.0. The van der Waals surface area contributed by atoms with Crippen LogP contribution in [-0.2, 0) is 0 Å². The van der Waals surface area contributed by atoms with Crippen molar-refractivity contribution < 1.29 is 13.9 Å². The molecule has 1 aromatic heterocycles. The van der Waals surface area contributed by atoms with Crippen molar-refractivity contribution in [2.75, 3.05) is 20.2 Å². The fraction of sp³-hybridized carbons (Fsp3) is 0.304. The Labute approximate surface area is 179 Å². The number of aromatic nitrogens is 1. The third kappa shape index (κ3) is 3.95. The molecule has 2 aromatic carbocycles. The summed E-state index contributed by atoms with van der Waals surface area (Å²) in [6.45, 7) is 1.06. The number of halogens is 1. The standard InChI is InChI=1S/C23H24FN3O2S/c1-29-17-11-9-15(10-12-17)22-26-20(21(30-22)18-7-2-3-8-19(18)24)23(28)27-13-5-4-6-16(27)14-25/h2-3,7-12,16H,4-6,13-14,25H2,1H3. The molecule has 2 N–H and O–H groups in total. The highest BCUT2D eigenvalue weighted by atomic mass is 32.1. The molecule has 1 atom stereocenters. The Morgan fingerprint density at radius 1 is 1.23 bits per heavy atom. The molecular formula is C23H24FN3O2S. The smallest absolute Gasteiger partial charge is 0.274 e. The summed E-state index contributed by atoms with van der Waals surface area (Å²) in [5.74, 6) is 0.185. The highest BCUT2D eigenvalue weighted by Crippen LogP contribution is 2.38. The first kappa shape index (κ1) is 20.5. The van der Waals surface area contributed by atoms with Crippen LogP contribution < -0.4 is 10.5 Å². The van der Waals surface area contributed by atoms with E-state index in [9.17, 15) is 9.18 Å². The molecule has 1 saturated heterocycles. The van der Waals surface area contributed by atoms with E-state index in [1.807, 2.05) is 24.3 Å². The maximum atomic E-state index is 14.6. The van der Waals surface area contributed by atoms with E-state index in [4.69, 9.17) is 10.5 Å². The van der Waals surface area contributed by atoms with Gasteiger partial charge >= 0.3 is 0 Å². The number of ether oxygens (including phenoxy) is 1. The number of hydrogen-bond donors (Lipinski definition) is 1. The number of likely N-dealkylation sites (tertiary alicyclic amines) is 1. The fourth-order valence-electron chi connectivity index (χ4n) is 3.80. The number of piperidine rings is 1. The number of carbonyl (C=O) groups excluding carboxylic acids is 1. The normalized spacial score (nSPS) is 16.5. The van der Waals surface area contributed by atoms with Gasteiger partial charge in [-0.3, -0.25) is 4.79 Å². The zero-order valence-electron chi connectivity index (χ0n) is 16.8. The molecule has 1 aliphatic heterocycles. The van der Waals surface area contributed by atoms with Crippen molar-refractivity contribution in [2.45, 2.75) is 25.3 Å². The fourth-order valence-corrected chi connectivity index (χ4v) is 4.89. The first-order chi connectivity index (χ1) is 14.6. The minimum absolute atomic E-state index is 0.00847. The second-order valence-electron chi connectivity index (χ2n) is 7.29. The predicted octanol–water partition coefficient (Wildman–Crippen LogP) is 4.58. The van der Waals surface area contributed by atoms with Crippen LogP contribution >= 0.6 is 11.3 Å². The number of carbonyl (C=O) groups is 1. The molecule has 1 amide bonds. The quantitative estimate of drug-likeness (QED) is 0.650. The number of benzene rings is 2. The summed E-state index contributed by atoms with van der Waals surface area (Å²) in [5, 5.41) is 0.667. The number of thiazole rings is 1. The molecule has 156 valence electrons. The van der Waals surface area contributed by atoms with Crippen LogP contribution in [0.1, 0.15) is 29.8 Å². The molecule has 0 spiro atoms. The maximum absolute atomic E-state index is 14.6. The molecule has 7 heteroatoms. The lowest BCUT2D eigenvalue weighted by Crippen LogP contribution is -2.47. The van der Waals surface area contributed by atoms with E-state index in [-0.39, 0.29) is 23.5 Å². The van der Waals surface area contributed by atoms with Crippen molar-refractivity contribution in [3.05, 3.63) is 60.0 Å². The first-order valence-corrected chi connectivity index (χ1v) is 10.8. The van der Waals surface area contributed by atoms with Crippen molar-refractivity contribution in [3.63, 3.8) is 0 Å². The van der Waals surface area contributed by atoms with Crippen LogP contribution in [0.3, 0.4) is 0 Å². The van der Waals surface area contributed by atoms with Gasteiger partial charge in [-0.05, 0) is 49.6 Å². The van der Waals surface area contributed by atoms with Gasteiger partial charge in [-0.25, -0.2) is 9.37 Å². The Bertz CT molecular complexity index is 1040. The van der Waals surface area contributed by atoms with Crippen LogP contribution in [0.25, 0.3) is 21.0 Å². The summed E-state index contributed by atoms with van der Waals surface area (Å²) >= 11 is 1.32. The number of nitrogens with two attached hydrogens (primary N) is 1. The van der Waals surface area contributed by atoms with Gasteiger partial charge in [0.2, 0.25) is 0 Å². The molecule has 30 heavy (non-hydrogen) atoms. The van der Waals surface area contributed by atoms with Crippen LogP contribution in [0.2, 0.25) is 0 Å². The van der Waals surface area contributed by atoms with Crippen molar-refractivity contribution >= 4 is 17.2 Å². The van der Waals surface area contributed by atoms with Crippen molar-refractivity contribution in [3.8, 4) is 26.8 Å². The van der Waals surface area contributed by atoms with Gasteiger partial charge in [-0.2, -0.15) is 0 Å². The minimum Gasteiger partial charge on any atom is -0.497 e. The van der Waals surface area contributed by atoms with E-state index >= 15 is 0 Å². The van der Waals surface area contributed by atoms with Gasteiger partial charge in [0.25, 0.3) is 5.91 Å². The lowest BCUT2D eigenvalue weighted by molar-refractivity contribution is 0.0619. The average Bonchev–Trinajstić information content (AvgIpc) is 3.24. The second-order valence-corrected chi connectivity index (χ2v) is 8.29. The van der Waals surface area contributed by atoms with Gasteiger partial charge in [0.1, 0.15) is 22.3 Å². The third-order valence-electron chi connectivity index (χ3n) is 5.45. The predicted molar refractivity (Wildman–Crippen MR) is 117 cm³/mol. The SMILES string of the molecule is COc1ccc(-c2nc(C(=O)N3CCCCC3CN)c(-c3ccccc3F)s2)cc1. The Kier molecular flexibility index (Phi) is 6.11. The van der Waals surface area contributed by atoms with Gasteiger partial charge in [-0.15, -0.1) is 11.3 Å². The molecule has 0 saturated carbocycles. The van der Waals surface area contributed by atoms with Crippen LogP contribution in [0.15, 0.2) is 48.5 Å². The molecule has 0 aliphatic carbocycles. The van der Waals surface area contributed by atoms with E-state index in [0.717, 1.165) is 30.6 Å². The summed E-state index contributed by atoms with van der Waals surface area (Å²) in [7, 11) is 1.61. The van der Waals surface area contributed by atoms with Gasteiger partial charge in [-0.1, -0.05) is 18.2 Å². The van der Waals surface area contributed by atoms with E-state index in [0.29, 0.717) is 28.5 Å². The summed E-state index contributed by atoms with van der Waals surface area (Å²) in [6.07, 6.45) is 2.87. The minimum atomic E-state index is -0.370. The van der Waals surface area contributed by atoms with E-state index < -0.39 is 0 Å². The largest absolute Gasteiger partial charge is 0.497 e. The van der Waals surface area contributed by atoms with Crippen LogP contribution in [0, 0.1) is 5.82 Å². The van der Waals surface area contributed by atoms with Crippen LogP contribution in [-0.4, -0.2) is 42.0 Å². The molecule has 1 unspecified atom stereocenters. The van der Waals surface area contributed by atoms with Crippen molar-refractivity contribution in [1.29, 1.82) is 0 Å². The highest BCUT2D eigenvalue weighted by molar-refractivity contribution is 7.18. The van der Waals surface area contributed by atoms with Crippen LogP contribution in [0.5, 0.6) is 5.75 Å². The maximum Gasteiger partial charge on any atom is 0.274 e. The van der Waals surface area contributed by atoms with E-state index in [1.54, 1.807) is 30.2 Å². The van der Waals surface area contributed by atoms with Gasteiger partial charge < -0.3 is 15.4 Å². The number of methoxy groups -OCH3 is 1. The zero-order valence-corrected chi connectivity index (χ0v) is 17.6.